The van der Waals surface area contributed by atoms with E-state index in [0.29, 0.717) is 0 Å². The average Bonchev–Trinajstić information content (AvgIpc) is 2.44. The Morgan fingerprint density at radius 1 is 1.16 bits per heavy atom. The molecular weight excluding hydrogens is 280 g/mol. The molecule has 0 fully saturated rings. The van der Waals surface area contributed by atoms with E-state index in [9.17, 15) is 31.1 Å². The van der Waals surface area contributed by atoms with Crippen LogP contribution in [0.4, 0.5) is 32.0 Å². The standard InChI is InChI=1S/C9H9F6N3O/c1-3-5(4(2)18-17-3)16-7(19)6(8(10,11)12)9(13,14)15/h6H,1-2H3,(H,16,19)(H,17,18). The Kier molecular flexibility index (Phi) is 3.82. The van der Waals surface area contributed by atoms with Gasteiger partial charge in [0, 0.05) is 0 Å². The molecule has 10 heteroatoms. The highest BCUT2D eigenvalue weighted by Gasteiger charge is 2.61. The number of carbonyl (C=O) groups excluding carboxylic acids is 1. The Hall–Kier alpha value is -1.74. The third-order valence-corrected chi connectivity index (χ3v) is 2.29. The largest absolute Gasteiger partial charge is 0.409 e. The fraction of sp³-hybridized carbons (Fsp3) is 0.556. The van der Waals surface area contributed by atoms with E-state index in [-0.39, 0.29) is 17.1 Å². The van der Waals surface area contributed by atoms with Crippen molar-refractivity contribution in [2.45, 2.75) is 26.2 Å². The monoisotopic (exact) mass is 289 g/mol. The highest BCUT2D eigenvalue weighted by atomic mass is 19.4. The smallest absolute Gasteiger partial charge is 0.322 e. The van der Waals surface area contributed by atoms with Crippen molar-refractivity contribution >= 4 is 11.6 Å². The molecule has 19 heavy (non-hydrogen) atoms. The third-order valence-electron chi connectivity index (χ3n) is 2.29. The van der Waals surface area contributed by atoms with Gasteiger partial charge in [-0.25, -0.2) is 0 Å². The highest BCUT2D eigenvalue weighted by molar-refractivity contribution is 5.94. The molecule has 108 valence electrons. The number of amides is 1. The summed E-state index contributed by atoms with van der Waals surface area (Å²) in [5, 5.41) is 7.48. The summed E-state index contributed by atoms with van der Waals surface area (Å²) < 4.78 is 73.8. The number of H-pyrrole nitrogens is 1. The van der Waals surface area contributed by atoms with Gasteiger partial charge in [0.1, 0.15) is 0 Å². The number of alkyl halides is 6. The van der Waals surface area contributed by atoms with Crippen molar-refractivity contribution in [2.24, 2.45) is 5.92 Å². The van der Waals surface area contributed by atoms with Gasteiger partial charge in [-0.05, 0) is 13.8 Å². The summed E-state index contributed by atoms with van der Waals surface area (Å²) in [5.74, 6) is -6.26. The van der Waals surface area contributed by atoms with Gasteiger partial charge in [0.05, 0.1) is 17.1 Å². The number of halogens is 6. The topological polar surface area (TPSA) is 57.8 Å². The van der Waals surface area contributed by atoms with Gasteiger partial charge >= 0.3 is 12.4 Å². The van der Waals surface area contributed by atoms with Crippen molar-refractivity contribution in [2.75, 3.05) is 5.32 Å². The number of carbonyl (C=O) groups is 1. The van der Waals surface area contributed by atoms with Gasteiger partial charge < -0.3 is 5.32 Å². The molecule has 0 aliphatic rings. The Balaban J connectivity index is 3.04. The van der Waals surface area contributed by atoms with Crippen LogP contribution in [0.1, 0.15) is 11.4 Å². The van der Waals surface area contributed by atoms with E-state index in [2.05, 4.69) is 10.2 Å². The maximum absolute atomic E-state index is 12.3. The van der Waals surface area contributed by atoms with Crippen LogP contribution in [-0.2, 0) is 4.79 Å². The summed E-state index contributed by atoms with van der Waals surface area (Å²) in [6, 6.07) is 0. The van der Waals surface area contributed by atoms with Gasteiger partial charge in [-0.2, -0.15) is 31.4 Å². The SMILES string of the molecule is Cc1n[nH]c(C)c1NC(=O)C(C(F)(F)F)C(F)(F)F. The van der Waals surface area contributed by atoms with Gasteiger partial charge in [0.2, 0.25) is 11.8 Å². The van der Waals surface area contributed by atoms with Crippen LogP contribution in [0.25, 0.3) is 0 Å². The summed E-state index contributed by atoms with van der Waals surface area (Å²) in [4.78, 5) is 11.2. The Labute approximate surface area is 103 Å². The van der Waals surface area contributed by atoms with E-state index in [1.165, 1.54) is 13.8 Å². The number of nitrogens with one attached hydrogen (secondary N) is 2. The number of aromatic nitrogens is 2. The minimum atomic E-state index is -5.71. The third kappa shape index (κ3) is 3.38. The van der Waals surface area contributed by atoms with Crippen LogP contribution in [-0.4, -0.2) is 28.5 Å². The van der Waals surface area contributed by atoms with Crippen LogP contribution in [0.2, 0.25) is 0 Å². The summed E-state index contributed by atoms with van der Waals surface area (Å²) in [5.41, 5.74) is 0.0615. The molecule has 0 atom stereocenters. The first kappa shape index (κ1) is 15.3. The zero-order valence-corrected chi connectivity index (χ0v) is 9.70. The molecule has 0 bridgehead atoms. The molecule has 1 heterocycles. The molecule has 0 aliphatic heterocycles. The Morgan fingerprint density at radius 2 is 1.63 bits per heavy atom. The normalized spacial score (nSPS) is 12.9. The second kappa shape index (κ2) is 4.74. The van der Waals surface area contributed by atoms with Crippen molar-refractivity contribution in [1.82, 2.24) is 10.2 Å². The Bertz CT molecular complexity index is 442. The van der Waals surface area contributed by atoms with Crippen LogP contribution in [0.5, 0.6) is 0 Å². The molecule has 0 radical (unpaired) electrons. The lowest BCUT2D eigenvalue weighted by Gasteiger charge is -2.22. The minimum absolute atomic E-state index is 0.0916. The number of aryl methyl sites for hydroxylation is 2. The zero-order chi connectivity index (χ0) is 15.0. The maximum Gasteiger partial charge on any atom is 0.409 e. The van der Waals surface area contributed by atoms with Gasteiger partial charge in [-0.15, -0.1) is 0 Å². The molecule has 4 nitrogen and oxygen atoms in total. The van der Waals surface area contributed by atoms with Crippen molar-refractivity contribution in [3.05, 3.63) is 11.4 Å². The summed E-state index contributed by atoms with van der Waals surface area (Å²) in [7, 11) is 0. The number of rotatable bonds is 2. The molecule has 1 amide bonds. The van der Waals surface area contributed by atoms with Crippen molar-refractivity contribution in [3.8, 4) is 0 Å². The maximum atomic E-state index is 12.3. The lowest BCUT2D eigenvalue weighted by molar-refractivity contribution is -0.272. The first-order valence-corrected chi connectivity index (χ1v) is 4.90. The van der Waals surface area contributed by atoms with E-state index >= 15 is 0 Å². The second-order valence-electron chi connectivity index (χ2n) is 3.81. The van der Waals surface area contributed by atoms with Crippen molar-refractivity contribution < 1.29 is 31.1 Å². The van der Waals surface area contributed by atoms with E-state index in [0.717, 1.165) is 0 Å². The molecule has 2 N–H and O–H groups in total. The van der Waals surface area contributed by atoms with Gasteiger partial charge in [0.15, 0.2) is 0 Å². The molecular formula is C9H9F6N3O. The average molecular weight is 289 g/mol. The van der Waals surface area contributed by atoms with Crippen LogP contribution in [0, 0.1) is 19.8 Å². The highest BCUT2D eigenvalue weighted by Crippen LogP contribution is 2.40. The first-order chi connectivity index (χ1) is 8.44. The van der Waals surface area contributed by atoms with E-state index in [1.807, 2.05) is 0 Å². The lowest BCUT2D eigenvalue weighted by Crippen LogP contribution is -2.45. The van der Waals surface area contributed by atoms with Gasteiger partial charge in [-0.1, -0.05) is 0 Å². The second-order valence-corrected chi connectivity index (χ2v) is 3.81. The van der Waals surface area contributed by atoms with E-state index < -0.39 is 24.2 Å². The summed E-state index contributed by atoms with van der Waals surface area (Å²) in [6.07, 6.45) is -11.4. The fourth-order valence-corrected chi connectivity index (χ4v) is 1.41. The van der Waals surface area contributed by atoms with Crippen molar-refractivity contribution in [1.29, 1.82) is 0 Å². The van der Waals surface area contributed by atoms with Crippen molar-refractivity contribution in [3.63, 3.8) is 0 Å². The number of aromatic amines is 1. The molecule has 0 aliphatic carbocycles. The molecule has 0 saturated heterocycles. The van der Waals surface area contributed by atoms with Crippen LogP contribution >= 0.6 is 0 Å². The number of hydrogen-bond donors (Lipinski definition) is 2. The molecule has 1 rings (SSSR count). The number of anilines is 1. The molecule has 1 aromatic heterocycles. The van der Waals surface area contributed by atoms with E-state index in [4.69, 9.17) is 0 Å². The molecule has 0 saturated carbocycles. The predicted octanol–water partition coefficient (Wildman–Crippen LogP) is 2.71. The van der Waals surface area contributed by atoms with E-state index in [1.54, 1.807) is 5.32 Å². The summed E-state index contributed by atoms with van der Waals surface area (Å²) >= 11 is 0. The van der Waals surface area contributed by atoms with Crippen LogP contribution in [0.15, 0.2) is 0 Å². The predicted molar refractivity (Wildman–Crippen MR) is 52.3 cm³/mol. The zero-order valence-electron chi connectivity index (χ0n) is 9.70. The molecule has 0 aromatic carbocycles. The van der Waals surface area contributed by atoms with Gasteiger partial charge in [-0.3, -0.25) is 9.89 Å². The summed E-state index contributed by atoms with van der Waals surface area (Å²) in [6.45, 7) is 2.68. The first-order valence-electron chi connectivity index (χ1n) is 4.90. The number of hydrogen-bond acceptors (Lipinski definition) is 2. The minimum Gasteiger partial charge on any atom is -0.322 e. The van der Waals surface area contributed by atoms with Gasteiger partial charge in [0.25, 0.3) is 0 Å². The van der Waals surface area contributed by atoms with Crippen LogP contribution < -0.4 is 5.32 Å². The molecule has 0 unspecified atom stereocenters. The molecule has 1 aromatic rings. The quantitative estimate of drug-likeness (QED) is 0.822. The molecule has 0 spiro atoms. The number of nitrogens with zero attached hydrogens (tertiary/aromatic N) is 1. The fourth-order valence-electron chi connectivity index (χ4n) is 1.41. The van der Waals surface area contributed by atoms with Crippen LogP contribution in [0.3, 0.4) is 0 Å². The Morgan fingerprint density at radius 3 is 1.95 bits per heavy atom. The lowest BCUT2D eigenvalue weighted by atomic mass is 10.1.